The van der Waals surface area contributed by atoms with Crippen LogP contribution >= 0.6 is 0 Å². The minimum Gasteiger partial charge on any atom is -0.324 e. The summed E-state index contributed by atoms with van der Waals surface area (Å²) >= 11 is 0. The van der Waals surface area contributed by atoms with Gasteiger partial charge >= 0.3 is 0 Å². The number of piperidine rings is 3. The van der Waals surface area contributed by atoms with Gasteiger partial charge in [0, 0.05) is 52.5 Å². The molecule has 0 saturated carbocycles. The molecule has 13 heteroatoms. The van der Waals surface area contributed by atoms with Gasteiger partial charge in [0.25, 0.3) is 5.56 Å². The molecule has 6 heterocycles. The fraction of sp³-hybridized carbons (Fsp3) is 0.406. The van der Waals surface area contributed by atoms with E-state index in [2.05, 4.69) is 48.2 Å². The number of pyridine rings is 1. The Morgan fingerprint density at radius 2 is 1.84 bits per heavy atom. The molecule has 7 rings (SSSR count). The maximum atomic E-state index is 13.3. The molecule has 0 amide bonds. The number of aromatic nitrogens is 5. The van der Waals surface area contributed by atoms with Crippen LogP contribution in [0.1, 0.15) is 24.3 Å². The lowest BCUT2D eigenvalue weighted by atomic mass is 9.75. The fourth-order valence-corrected chi connectivity index (χ4v) is 7.03. The summed E-state index contributed by atoms with van der Waals surface area (Å²) in [6.07, 6.45) is 8.14. The number of anilines is 2. The largest absolute Gasteiger partial charge is 0.324 e. The number of Topliss-reactive ketones (excluding diaryl/α,β-unsaturated/α-hetero) is 1. The van der Waals surface area contributed by atoms with E-state index in [0.717, 1.165) is 43.7 Å². The number of hydrogen-bond acceptors (Lipinski definition) is 10. The van der Waals surface area contributed by atoms with Crippen molar-refractivity contribution in [2.24, 2.45) is 10.3 Å². The maximum absolute atomic E-state index is 13.3. The first-order valence-corrected chi connectivity index (χ1v) is 17.4. The van der Waals surface area contributed by atoms with Gasteiger partial charge < -0.3 is 10.2 Å². The van der Waals surface area contributed by atoms with Gasteiger partial charge in [0.05, 0.1) is 12.6 Å². The van der Waals surface area contributed by atoms with Crippen molar-refractivity contribution in [2.45, 2.75) is 31.3 Å². The molecule has 3 saturated heterocycles. The lowest BCUT2D eigenvalue weighted by molar-refractivity contribution is -0.138. The van der Waals surface area contributed by atoms with Crippen LogP contribution in [0.5, 0.6) is 0 Å². The van der Waals surface area contributed by atoms with Crippen molar-refractivity contribution in [3.05, 3.63) is 77.2 Å². The first kappa shape index (κ1) is 30.8. The number of rotatable bonds is 10. The predicted molar refractivity (Wildman–Crippen MR) is 177 cm³/mol. The lowest BCUT2D eigenvalue weighted by Crippen LogP contribution is -2.58. The van der Waals surface area contributed by atoms with Crippen LogP contribution in [0.3, 0.4) is 0 Å². The third-order valence-corrected chi connectivity index (χ3v) is 9.01. The van der Waals surface area contributed by atoms with Crippen LogP contribution in [0.2, 0.25) is 0 Å². The summed E-state index contributed by atoms with van der Waals surface area (Å²) in [5.74, 6) is 1.63. The van der Waals surface area contributed by atoms with Crippen LogP contribution in [0.15, 0.2) is 70.5 Å². The predicted octanol–water partition coefficient (Wildman–Crippen LogP) is 3.57. The second kappa shape index (κ2) is 12.3. The van der Waals surface area contributed by atoms with Gasteiger partial charge in [-0.05, 0) is 69.9 Å². The van der Waals surface area contributed by atoms with Crippen LogP contribution in [0.4, 0.5) is 17.5 Å². The third-order valence-electron chi connectivity index (χ3n) is 8.38. The highest BCUT2D eigenvalue weighted by atomic mass is 32.2. The van der Waals surface area contributed by atoms with Crippen molar-refractivity contribution in [2.75, 3.05) is 51.6 Å². The number of carbonyl (C=O) groups excluding carboxylic acids is 1. The van der Waals surface area contributed by atoms with E-state index in [1.165, 1.54) is 23.4 Å². The van der Waals surface area contributed by atoms with Gasteiger partial charge in [-0.15, -0.1) is 6.58 Å². The molecule has 3 aliphatic rings. The number of fused-ring (bicyclic) bond motifs is 4. The van der Waals surface area contributed by atoms with Crippen molar-refractivity contribution >= 4 is 44.0 Å². The first-order valence-electron chi connectivity index (χ1n) is 15.1. The third kappa shape index (κ3) is 6.33. The van der Waals surface area contributed by atoms with Crippen molar-refractivity contribution in [3.63, 3.8) is 0 Å². The lowest BCUT2D eigenvalue weighted by Gasteiger charge is -2.47. The van der Waals surface area contributed by atoms with Crippen LogP contribution in [0.25, 0.3) is 16.9 Å². The Morgan fingerprint density at radius 1 is 1.11 bits per heavy atom. The van der Waals surface area contributed by atoms with Crippen LogP contribution in [0, 0.1) is 5.92 Å². The van der Waals surface area contributed by atoms with Crippen molar-refractivity contribution in [1.82, 2.24) is 34.1 Å². The second-order valence-corrected chi connectivity index (χ2v) is 14.9. The van der Waals surface area contributed by atoms with Gasteiger partial charge in [0.2, 0.25) is 5.95 Å². The molecule has 1 aromatic carbocycles. The molecule has 1 N–H and O–H groups in total. The average molecular weight is 630 g/mol. The quantitative estimate of drug-likeness (QED) is 0.262. The van der Waals surface area contributed by atoms with Crippen molar-refractivity contribution < 1.29 is 9.00 Å². The number of likely N-dealkylation sites (N-methyl/N-ethyl adjacent to an activating group) is 1. The molecule has 0 spiro atoms. The molecular weight excluding hydrogens is 590 g/mol. The Kier molecular flexibility index (Phi) is 8.42. The maximum Gasteiger partial charge on any atom is 0.278 e. The minimum absolute atomic E-state index is 0.0695. The van der Waals surface area contributed by atoms with Gasteiger partial charge in [-0.1, -0.05) is 24.3 Å². The smallest absolute Gasteiger partial charge is 0.278 e. The van der Waals surface area contributed by atoms with E-state index < -0.39 is 9.73 Å². The van der Waals surface area contributed by atoms with Gasteiger partial charge in [-0.25, -0.2) is 23.5 Å². The van der Waals surface area contributed by atoms with Crippen LogP contribution < -0.4 is 10.9 Å². The summed E-state index contributed by atoms with van der Waals surface area (Å²) < 4.78 is 19.6. The Balaban J connectivity index is 1.33. The standard InChI is InChI=1S/C32H39N9O3S/c1-6-16-40-31(43)24-19-33-32(36-30(24)41(40)27-9-7-8-26(35-27)37-45(4,5)44)34-23-12-10-21(11-13-23)25(20-38(2)3)28-29(42)22-14-17-39(28)18-15-22/h6-13,19,22,25,28H,1,14-18,20H2,2-5H3,(H,33,34,36). The molecule has 3 fully saturated rings. The highest BCUT2D eigenvalue weighted by Crippen LogP contribution is 2.37. The summed E-state index contributed by atoms with van der Waals surface area (Å²) in [6.45, 7) is 6.76. The zero-order valence-electron chi connectivity index (χ0n) is 26.1. The Labute approximate surface area is 263 Å². The van der Waals surface area contributed by atoms with Crippen LogP contribution in [-0.4, -0.2) is 96.4 Å². The van der Waals surface area contributed by atoms with Gasteiger partial charge in [-0.2, -0.15) is 9.35 Å². The summed E-state index contributed by atoms with van der Waals surface area (Å²) in [4.78, 5) is 44.9. The van der Waals surface area contributed by atoms with Gasteiger partial charge in [0.15, 0.2) is 23.1 Å². The van der Waals surface area contributed by atoms with E-state index in [0.29, 0.717) is 34.4 Å². The van der Waals surface area contributed by atoms with Gasteiger partial charge in [0.1, 0.15) is 5.39 Å². The number of allylic oxidation sites excluding steroid dienone is 1. The highest BCUT2D eigenvalue weighted by molar-refractivity contribution is 7.92. The zero-order chi connectivity index (χ0) is 31.9. The van der Waals surface area contributed by atoms with E-state index >= 15 is 0 Å². The molecule has 12 nitrogen and oxygen atoms in total. The minimum atomic E-state index is -2.44. The molecule has 236 valence electrons. The average Bonchev–Trinajstić information content (AvgIpc) is 3.27. The van der Waals surface area contributed by atoms with Crippen molar-refractivity contribution in [3.8, 4) is 5.82 Å². The molecule has 2 atom stereocenters. The molecule has 0 aliphatic carbocycles. The number of nitrogens with one attached hydrogen (secondary N) is 1. The number of benzene rings is 1. The monoisotopic (exact) mass is 629 g/mol. The molecular formula is C32H39N9O3S. The molecule has 3 aromatic heterocycles. The Bertz CT molecular complexity index is 1920. The van der Waals surface area contributed by atoms with E-state index in [1.807, 2.05) is 26.2 Å². The Morgan fingerprint density at radius 3 is 2.49 bits per heavy atom. The first-order chi connectivity index (χ1) is 21.5. The molecule has 2 bridgehead atoms. The summed E-state index contributed by atoms with van der Waals surface area (Å²) in [7, 11) is 1.65. The number of ketones is 1. The van der Waals surface area contributed by atoms with Crippen LogP contribution in [-0.2, 0) is 21.1 Å². The van der Waals surface area contributed by atoms with E-state index in [1.54, 1.807) is 29.0 Å². The van der Waals surface area contributed by atoms with E-state index in [4.69, 9.17) is 4.98 Å². The zero-order valence-corrected chi connectivity index (χ0v) is 26.9. The number of nitrogens with zero attached hydrogens (tertiary/aromatic N) is 8. The Hall–Kier alpha value is -4.20. The molecule has 2 unspecified atom stereocenters. The summed E-state index contributed by atoms with van der Waals surface area (Å²) in [6, 6.07) is 13.1. The summed E-state index contributed by atoms with van der Waals surface area (Å²) in [5, 5.41) is 3.59. The SMILES string of the molecule is C=CCn1c(=O)c2cnc(Nc3ccc(C(CN(C)C)C4C(=O)C5CCN4CC5)cc3)nc2n1-c1cccc(N=S(C)(C)=O)n1. The van der Waals surface area contributed by atoms with E-state index in [-0.39, 0.29) is 30.0 Å². The normalized spacial score (nSPS) is 20.5. The second-order valence-electron chi connectivity index (χ2n) is 12.3. The van der Waals surface area contributed by atoms with Crippen molar-refractivity contribution in [1.29, 1.82) is 0 Å². The molecule has 4 aromatic rings. The molecule has 45 heavy (non-hydrogen) atoms. The summed E-state index contributed by atoms with van der Waals surface area (Å²) in [5.41, 5.74) is 1.97. The number of carbonyl (C=O) groups is 1. The topological polar surface area (TPSA) is 131 Å². The van der Waals surface area contributed by atoms with Gasteiger partial charge in [-0.3, -0.25) is 14.5 Å². The molecule has 0 radical (unpaired) electrons. The number of hydrogen-bond donors (Lipinski definition) is 1. The molecule has 3 aliphatic heterocycles. The van der Waals surface area contributed by atoms with E-state index in [9.17, 15) is 13.8 Å². The highest BCUT2D eigenvalue weighted by Gasteiger charge is 2.45. The fourth-order valence-electron chi connectivity index (χ4n) is 6.47.